The first-order chi connectivity index (χ1) is 6.76. The molecule has 0 spiro atoms. The first-order valence-electron chi connectivity index (χ1n) is 3.99. The monoisotopic (exact) mass is 208 g/mol. The van der Waals surface area contributed by atoms with Crippen LogP contribution in [0.25, 0.3) is 10.1 Å². The van der Waals surface area contributed by atoms with Crippen LogP contribution in [0.1, 0.15) is 10.4 Å². The smallest absolute Gasteiger partial charge is 0.153 e. The molecule has 14 heavy (non-hydrogen) atoms. The van der Waals surface area contributed by atoms with Crippen molar-refractivity contribution >= 4 is 27.7 Å². The van der Waals surface area contributed by atoms with Crippen molar-refractivity contribution < 1.29 is 14.6 Å². The predicted octanol–water partition coefficient (Wildman–Crippen LogP) is 2.43. The van der Waals surface area contributed by atoms with Crippen molar-refractivity contribution in [2.24, 2.45) is 0 Å². The molecular formula is C10H8O3S. The fourth-order valence-corrected chi connectivity index (χ4v) is 2.23. The van der Waals surface area contributed by atoms with Crippen LogP contribution >= 0.6 is 11.3 Å². The van der Waals surface area contributed by atoms with Gasteiger partial charge >= 0.3 is 0 Å². The summed E-state index contributed by atoms with van der Waals surface area (Å²) in [4.78, 5) is 10.6. The number of ether oxygens (including phenoxy) is 1. The summed E-state index contributed by atoms with van der Waals surface area (Å²) in [6, 6.07) is 3.21. The van der Waals surface area contributed by atoms with Gasteiger partial charge in [-0.05, 0) is 12.1 Å². The quantitative estimate of drug-likeness (QED) is 0.771. The normalized spacial score (nSPS) is 10.4. The van der Waals surface area contributed by atoms with Crippen LogP contribution in [-0.2, 0) is 0 Å². The standard InChI is InChI=1S/C10H8O3S/c1-13-9-5-14-10-3-8(12)6(4-11)2-7(9)10/h2-5,12H,1H3. The van der Waals surface area contributed by atoms with Crippen molar-refractivity contribution in [3.05, 3.63) is 23.1 Å². The van der Waals surface area contributed by atoms with Gasteiger partial charge < -0.3 is 9.84 Å². The van der Waals surface area contributed by atoms with Gasteiger partial charge in [-0.3, -0.25) is 4.79 Å². The molecule has 0 atom stereocenters. The fourth-order valence-electron chi connectivity index (χ4n) is 1.31. The number of aldehydes is 1. The number of benzene rings is 1. The molecule has 0 amide bonds. The van der Waals surface area contributed by atoms with Crippen molar-refractivity contribution in [2.45, 2.75) is 0 Å². The van der Waals surface area contributed by atoms with Gasteiger partial charge in [-0.1, -0.05) is 0 Å². The number of aromatic hydroxyl groups is 1. The molecule has 2 rings (SSSR count). The average Bonchev–Trinajstić information content (AvgIpc) is 2.58. The third kappa shape index (κ3) is 1.24. The summed E-state index contributed by atoms with van der Waals surface area (Å²) in [7, 11) is 1.58. The Labute approximate surface area is 84.6 Å². The van der Waals surface area contributed by atoms with E-state index in [1.165, 1.54) is 11.3 Å². The molecule has 0 aliphatic heterocycles. The summed E-state index contributed by atoms with van der Waals surface area (Å²) in [6.07, 6.45) is 0.631. The second kappa shape index (κ2) is 3.31. The summed E-state index contributed by atoms with van der Waals surface area (Å²) in [6.45, 7) is 0. The van der Waals surface area contributed by atoms with Crippen LogP contribution in [0.2, 0.25) is 0 Å². The van der Waals surface area contributed by atoms with Crippen LogP contribution < -0.4 is 4.74 Å². The minimum absolute atomic E-state index is 0.0111. The van der Waals surface area contributed by atoms with E-state index in [2.05, 4.69) is 0 Å². The zero-order chi connectivity index (χ0) is 10.1. The van der Waals surface area contributed by atoms with Crippen molar-refractivity contribution in [1.82, 2.24) is 0 Å². The molecule has 0 saturated heterocycles. The van der Waals surface area contributed by atoms with Crippen LogP contribution in [0, 0.1) is 0 Å². The van der Waals surface area contributed by atoms with Crippen molar-refractivity contribution in [3.8, 4) is 11.5 Å². The van der Waals surface area contributed by atoms with Gasteiger partial charge in [-0.15, -0.1) is 11.3 Å². The number of hydrogen-bond acceptors (Lipinski definition) is 4. The van der Waals surface area contributed by atoms with E-state index >= 15 is 0 Å². The van der Waals surface area contributed by atoms with Crippen LogP contribution in [-0.4, -0.2) is 18.5 Å². The van der Waals surface area contributed by atoms with E-state index in [9.17, 15) is 9.90 Å². The molecular weight excluding hydrogens is 200 g/mol. The number of phenols is 1. The van der Waals surface area contributed by atoms with Gasteiger partial charge in [0, 0.05) is 15.5 Å². The number of hydrogen-bond donors (Lipinski definition) is 1. The molecule has 2 aromatic rings. The van der Waals surface area contributed by atoms with E-state index in [0.29, 0.717) is 6.29 Å². The number of carbonyl (C=O) groups excluding carboxylic acids is 1. The highest BCUT2D eigenvalue weighted by Crippen LogP contribution is 2.35. The third-order valence-electron chi connectivity index (χ3n) is 2.03. The fraction of sp³-hybridized carbons (Fsp3) is 0.100. The van der Waals surface area contributed by atoms with Crippen LogP contribution in [0.4, 0.5) is 0 Å². The molecule has 0 fully saturated rings. The lowest BCUT2D eigenvalue weighted by Gasteiger charge is -1.99. The SMILES string of the molecule is COc1csc2cc(O)c(C=O)cc12. The van der Waals surface area contributed by atoms with Crippen molar-refractivity contribution in [3.63, 3.8) is 0 Å². The first-order valence-corrected chi connectivity index (χ1v) is 4.87. The van der Waals surface area contributed by atoms with Crippen molar-refractivity contribution in [1.29, 1.82) is 0 Å². The molecule has 0 unspecified atom stereocenters. The summed E-state index contributed by atoms with van der Waals surface area (Å²) >= 11 is 1.47. The molecule has 1 N–H and O–H groups in total. The molecule has 4 heteroatoms. The Balaban J connectivity index is 2.76. The second-order valence-corrected chi connectivity index (χ2v) is 3.74. The zero-order valence-corrected chi connectivity index (χ0v) is 8.30. The van der Waals surface area contributed by atoms with Gasteiger partial charge in [0.2, 0.25) is 0 Å². The first kappa shape index (κ1) is 9.02. The van der Waals surface area contributed by atoms with E-state index in [0.717, 1.165) is 15.8 Å². The van der Waals surface area contributed by atoms with Gasteiger partial charge in [0.1, 0.15) is 11.5 Å². The average molecular weight is 208 g/mol. The highest BCUT2D eigenvalue weighted by Gasteiger charge is 2.08. The molecule has 72 valence electrons. The minimum Gasteiger partial charge on any atom is -0.507 e. The molecule has 0 bridgehead atoms. The van der Waals surface area contributed by atoms with Gasteiger partial charge in [-0.2, -0.15) is 0 Å². The van der Waals surface area contributed by atoms with Crippen molar-refractivity contribution in [2.75, 3.05) is 7.11 Å². The Morgan fingerprint density at radius 2 is 2.29 bits per heavy atom. The lowest BCUT2D eigenvalue weighted by molar-refractivity contribution is 0.112. The molecule has 1 aromatic heterocycles. The highest BCUT2D eigenvalue weighted by atomic mass is 32.1. The van der Waals surface area contributed by atoms with E-state index in [1.807, 2.05) is 5.38 Å². The number of carbonyl (C=O) groups is 1. The Kier molecular flexibility index (Phi) is 2.13. The van der Waals surface area contributed by atoms with E-state index < -0.39 is 0 Å². The Bertz CT molecular complexity index is 487. The van der Waals surface area contributed by atoms with Crippen LogP contribution in [0.3, 0.4) is 0 Å². The molecule has 0 aliphatic carbocycles. The number of phenolic OH excluding ortho intramolecular Hbond substituents is 1. The number of rotatable bonds is 2. The lowest BCUT2D eigenvalue weighted by Crippen LogP contribution is -1.83. The summed E-state index contributed by atoms with van der Waals surface area (Å²) in [5.41, 5.74) is 0.286. The maximum Gasteiger partial charge on any atom is 0.153 e. The summed E-state index contributed by atoms with van der Waals surface area (Å²) < 4.78 is 6.03. The maximum absolute atomic E-state index is 10.6. The number of methoxy groups -OCH3 is 1. The largest absolute Gasteiger partial charge is 0.507 e. The Morgan fingerprint density at radius 3 is 2.93 bits per heavy atom. The van der Waals surface area contributed by atoms with Gasteiger partial charge in [0.25, 0.3) is 0 Å². The molecule has 1 aromatic carbocycles. The summed E-state index contributed by atoms with van der Waals surface area (Å²) in [5, 5.41) is 12.1. The molecule has 0 radical (unpaired) electrons. The predicted molar refractivity (Wildman–Crippen MR) is 55.4 cm³/mol. The molecule has 3 nitrogen and oxygen atoms in total. The lowest BCUT2D eigenvalue weighted by atomic mass is 10.1. The van der Waals surface area contributed by atoms with E-state index in [4.69, 9.17) is 4.74 Å². The topological polar surface area (TPSA) is 46.5 Å². The number of fused-ring (bicyclic) bond motifs is 1. The van der Waals surface area contributed by atoms with E-state index in [-0.39, 0.29) is 11.3 Å². The highest BCUT2D eigenvalue weighted by molar-refractivity contribution is 7.17. The molecule has 0 aliphatic rings. The Hall–Kier alpha value is -1.55. The third-order valence-corrected chi connectivity index (χ3v) is 2.96. The van der Waals surface area contributed by atoms with Crippen LogP contribution in [0.5, 0.6) is 11.5 Å². The second-order valence-electron chi connectivity index (χ2n) is 2.83. The zero-order valence-electron chi connectivity index (χ0n) is 7.48. The summed E-state index contributed by atoms with van der Waals surface area (Å²) in [5.74, 6) is 0.741. The number of thiophene rings is 1. The molecule has 0 saturated carbocycles. The van der Waals surface area contributed by atoms with Crippen LogP contribution in [0.15, 0.2) is 17.5 Å². The van der Waals surface area contributed by atoms with Gasteiger partial charge in [0.15, 0.2) is 6.29 Å². The Morgan fingerprint density at radius 1 is 1.50 bits per heavy atom. The van der Waals surface area contributed by atoms with E-state index in [1.54, 1.807) is 19.2 Å². The molecule has 1 heterocycles. The van der Waals surface area contributed by atoms with Gasteiger partial charge in [0.05, 0.1) is 12.7 Å². The minimum atomic E-state index is 0.0111. The van der Waals surface area contributed by atoms with Gasteiger partial charge in [-0.25, -0.2) is 0 Å². The maximum atomic E-state index is 10.6.